The van der Waals surface area contributed by atoms with Gasteiger partial charge in [0.2, 0.25) is 5.82 Å². The summed E-state index contributed by atoms with van der Waals surface area (Å²) in [5, 5.41) is 10.6. The van der Waals surface area contributed by atoms with Gasteiger partial charge >= 0.3 is 12.2 Å². The van der Waals surface area contributed by atoms with Crippen LogP contribution in [-0.2, 0) is 35.0 Å². The summed E-state index contributed by atoms with van der Waals surface area (Å²) in [6.45, 7) is 1.47. The SMILES string of the molecule is COC(F)(F)[C@@H](NC(=O)c1ncn[nH]1)C(=O)N[C@@H](C(=O)N[C@@H](Cc1ccccc1)C(=O)[C@@]1(C)CO1)C(F)(F)OC. The highest BCUT2D eigenvalue weighted by Gasteiger charge is 2.54. The third-order valence-corrected chi connectivity index (χ3v) is 5.95. The number of halogens is 4. The molecule has 1 aliphatic rings. The van der Waals surface area contributed by atoms with Crippen LogP contribution in [0.4, 0.5) is 17.6 Å². The molecule has 0 bridgehead atoms. The fourth-order valence-corrected chi connectivity index (χ4v) is 3.51. The first-order valence-corrected chi connectivity index (χ1v) is 11.6. The first-order valence-electron chi connectivity index (χ1n) is 11.6. The number of hydrogen-bond donors (Lipinski definition) is 4. The quantitative estimate of drug-likeness (QED) is 0.178. The number of H-pyrrole nitrogens is 1. The Hall–Kier alpha value is -3.96. The molecule has 218 valence electrons. The van der Waals surface area contributed by atoms with E-state index in [-0.39, 0.29) is 13.0 Å². The summed E-state index contributed by atoms with van der Waals surface area (Å²) >= 11 is 0. The van der Waals surface area contributed by atoms with Crippen molar-refractivity contribution in [3.63, 3.8) is 0 Å². The minimum atomic E-state index is -4.46. The first kappa shape index (κ1) is 30.6. The summed E-state index contributed by atoms with van der Waals surface area (Å²) in [6, 6.07) is 0.998. The van der Waals surface area contributed by atoms with E-state index in [0.717, 1.165) is 6.33 Å². The molecule has 2 aromatic rings. The maximum absolute atomic E-state index is 14.7. The van der Waals surface area contributed by atoms with E-state index >= 15 is 0 Å². The van der Waals surface area contributed by atoms with Crippen LogP contribution in [0.25, 0.3) is 0 Å². The Morgan fingerprint density at radius 3 is 2.05 bits per heavy atom. The molecule has 1 fully saturated rings. The topological polar surface area (TPSA) is 177 Å². The lowest BCUT2D eigenvalue weighted by molar-refractivity contribution is -0.246. The van der Waals surface area contributed by atoms with Gasteiger partial charge in [0.15, 0.2) is 17.9 Å². The molecular weight excluding hydrogens is 548 g/mol. The number of hydrogen-bond acceptors (Lipinski definition) is 9. The average molecular weight is 574 g/mol. The molecule has 1 saturated heterocycles. The lowest BCUT2D eigenvalue weighted by atomic mass is 9.94. The number of alkyl halides is 4. The second-order valence-electron chi connectivity index (χ2n) is 8.85. The lowest BCUT2D eigenvalue weighted by Gasteiger charge is -2.30. The fraction of sp³-hybridized carbons (Fsp3) is 0.478. The number of amides is 3. The van der Waals surface area contributed by atoms with Gasteiger partial charge in [-0.3, -0.25) is 24.3 Å². The zero-order chi connectivity index (χ0) is 29.7. The van der Waals surface area contributed by atoms with Gasteiger partial charge in [0.25, 0.3) is 17.7 Å². The number of nitrogens with zero attached hydrogens (tertiary/aromatic N) is 2. The standard InChI is InChI=1S/C23H26F4N6O7/c1-21(10-40-21)16(34)13(9-12-7-5-4-6-8-12)30-18(35)14(22(24,25)38-2)31-19(36)15(23(26,27)39-3)32-20(37)17-28-11-29-33-17/h4-8,11,13-15H,9-10H2,1-3H3,(H,30,35)(H,31,36)(H,32,37)(H,28,29,33)/t13-,14-,15-,21+/m0/s1. The van der Waals surface area contributed by atoms with Crippen LogP contribution in [0.3, 0.4) is 0 Å². The Morgan fingerprint density at radius 1 is 1.00 bits per heavy atom. The van der Waals surface area contributed by atoms with Crippen LogP contribution in [0.5, 0.6) is 0 Å². The zero-order valence-corrected chi connectivity index (χ0v) is 21.4. The number of carbonyl (C=O) groups excluding carboxylic acids is 4. The molecule has 1 aromatic heterocycles. The average Bonchev–Trinajstić information content (AvgIpc) is 3.44. The van der Waals surface area contributed by atoms with Gasteiger partial charge in [-0.25, -0.2) is 4.98 Å². The molecule has 0 spiro atoms. The maximum atomic E-state index is 14.7. The van der Waals surface area contributed by atoms with E-state index in [1.807, 2.05) is 0 Å². The Morgan fingerprint density at radius 2 is 1.55 bits per heavy atom. The molecule has 0 unspecified atom stereocenters. The summed E-state index contributed by atoms with van der Waals surface area (Å²) in [6.07, 6.45) is -8.16. The Bertz CT molecular complexity index is 1210. The summed E-state index contributed by atoms with van der Waals surface area (Å²) in [5.74, 6) is -6.17. The van der Waals surface area contributed by atoms with Crippen LogP contribution in [0, 0.1) is 0 Å². The second-order valence-corrected chi connectivity index (χ2v) is 8.85. The first-order chi connectivity index (χ1) is 18.7. The third kappa shape index (κ3) is 7.16. The molecule has 40 heavy (non-hydrogen) atoms. The molecule has 0 aliphatic carbocycles. The highest BCUT2D eigenvalue weighted by Crippen LogP contribution is 2.29. The fourth-order valence-electron chi connectivity index (χ4n) is 3.51. The van der Waals surface area contributed by atoms with Crippen molar-refractivity contribution >= 4 is 23.5 Å². The van der Waals surface area contributed by atoms with Crippen molar-refractivity contribution in [2.24, 2.45) is 0 Å². The van der Waals surface area contributed by atoms with Crippen LogP contribution in [0.15, 0.2) is 36.7 Å². The van der Waals surface area contributed by atoms with Crippen LogP contribution >= 0.6 is 0 Å². The molecule has 4 N–H and O–H groups in total. The highest BCUT2D eigenvalue weighted by atomic mass is 19.3. The van der Waals surface area contributed by atoms with Gasteiger partial charge in [-0.05, 0) is 18.9 Å². The number of aromatic nitrogens is 3. The molecule has 17 heteroatoms. The number of nitrogens with one attached hydrogen (secondary N) is 4. The Balaban J connectivity index is 1.86. The number of methoxy groups -OCH3 is 2. The van der Waals surface area contributed by atoms with Gasteiger partial charge in [0.1, 0.15) is 11.9 Å². The normalized spacial score (nSPS) is 19.2. The molecule has 13 nitrogen and oxygen atoms in total. The van der Waals surface area contributed by atoms with Gasteiger partial charge in [0.05, 0.1) is 12.6 Å². The number of Topliss-reactive ketones (excluding diaryl/α,β-unsaturated/α-hetero) is 1. The number of aromatic amines is 1. The number of epoxide rings is 1. The predicted molar refractivity (Wildman–Crippen MR) is 125 cm³/mol. The van der Waals surface area contributed by atoms with Gasteiger partial charge in [-0.2, -0.15) is 22.7 Å². The Kier molecular flexibility index (Phi) is 9.21. The van der Waals surface area contributed by atoms with E-state index in [1.54, 1.807) is 35.6 Å². The molecule has 0 radical (unpaired) electrons. The van der Waals surface area contributed by atoms with Gasteiger partial charge in [0, 0.05) is 14.2 Å². The number of benzene rings is 1. The minimum absolute atomic E-state index is 0.0278. The number of ketones is 1. The van der Waals surface area contributed by atoms with E-state index < -0.39 is 65.3 Å². The summed E-state index contributed by atoms with van der Waals surface area (Å²) in [7, 11) is 1.00. The van der Waals surface area contributed by atoms with Crippen molar-refractivity contribution in [1.82, 2.24) is 31.1 Å². The largest absolute Gasteiger partial charge is 0.384 e. The van der Waals surface area contributed by atoms with Crippen molar-refractivity contribution in [2.45, 2.75) is 49.3 Å². The van der Waals surface area contributed by atoms with Crippen molar-refractivity contribution in [3.05, 3.63) is 48.0 Å². The van der Waals surface area contributed by atoms with Crippen molar-refractivity contribution in [1.29, 1.82) is 0 Å². The molecule has 1 aromatic carbocycles. The van der Waals surface area contributed by atoms with Crippen LogP contribution in [0.2, 0.25) is 0 Å². The van der Waals surface area contributed by atoms with Crippen LogP contribution < -0.4 is 16.0 Å². The summed E-state index contributed by atoms with van der Waals surface area (Å²) in [5.41, 5.74) is -0.717. The van der Waals surface area contributed by atoms with Crippen molar-refractivity contribution < 1.29 is 51.0 Å². The summed E-state index contributed by atoms with van der Waals surface area (Å²) in [4.78, 5) is 54.6. The molecular formula is C23H26F4N6O7. The molecule has 0 saturated carbocycles. The van der Waals surface area contributed by atoms with E-state index in [4.69, 9.17) is 4.74 Å². The summed E-state index contributed by atoms with van der Waals surface area (Å²) < 4.78 is 71.6. The molecule has 3 rings (SSSR count). The Labute approximate surface area is 224 Å². The van der Waals surface area contributed by atoms with Gasteiger partial charge in [-0.1, -0.05) is 30.3 Å². The van der Waals surface area contributed by atoms with Gasteiger partial charge < -0.3 is 30.2 Å². The smallest absolute Gasteiger partial charge is 0.361 e. The molecule has 3 amide bonds. The molecule has 1 aliphatic heterocycles. The second kappa shape index (κ2) is 12.1. The van der Waals surface area contributed by atoms with Crippen molar-refractivity contribution in [3.8, 4) is 0 Å². The number of rotatable bonds is 14. The zero-order valence-electron chi connectivity index (χ0n) is 21.4. The molecule has 4 atom stereocenters. The van der Waals surface area contributed by atoms with E-state index in [9.17, 15) is 36.7 Å². The van der Waals surface area contributed by atoms with E-state index in [1.165, 1.54) is 12.2 Å². The van der Waals surface area contributed by atoms with Crippen LogP contribution in [0.1, 0.15) is 23.1 Å². The maximum Gasteiger partial charge on any atom is 0.384 e. The van der Waals surface area contributed by atoms with Crippen LogP contribution in [-0.4, -0.2) is 95.5 Å². The van der Waals surface area contributed by atoms with Crippen molar-refractivity contribution in [2.75, 3.05) is 20.8 Å². The monoisotopic (exact) mass is 574 g/mol. The number of ether oxygens (including phenoxy) is 3. The predicted octanol–water partition coefficient (Wildman–Crippen LogP) is -0.0482. The van der Waals surface area contributed by atoms with Gasteiger partial charge in [-0.15, -0.1) is 0 Å². The highest BCUT2D eigenvalue weighted by molar-refractivity contribution is 5.99. The minimum Gasteiger partial charge on any atom is -0.361 e. The van der Waals surface area contributed by atoms with E-state index in [0.29, 0.717) is 19.8 Å². The van der Waals surface area contributed by atoms with E-state index in [2.05, 4.69) is 30.0 Å². The third-order valence-electron chi connectivity index (χ3n) is 5.95. The number of carbonyl (C=O) groups is 4. The lowest BCUT2D eigenvalue weighted by Crippen LogP contribution is -2.65. The molecule has 2 heterocycles.